The summed E-state index contributed by atoms with van der Waals surface area (Å²) >= 11 is 0. The second kappa shape index (κ2) is 7.15. The molecular weight excluding hydrogens is 368 g/mol. The number of primary amides is 2. The number of allylic oxidation sites excluding steroid dienone is 2. The maximum Gasteiger partial charge on any atom is 0.332 e. The average molecular weight is 401 g/mol. The van der Waals surface area contributed by atoms with E-state index in [1.807, 2.05) is 0 Å². The zero-order valence-corrected chi connectivity index (χ0v) is 17.3. The number of rotatable bonds is 2. The third-order valence-electron chi connectivity index (χ3n) is 8.33. The molecule has 6 N–H and O–H groups in total. The highest BCUT2D eigenvalue weighted by Gasteiger charge is 2.58. The lowest BCUT2D eigenvalue weighted by Crippen LogP contribution is -2.50. The fourth-order valence-electron chi connectivity index (χ4n) is 6.88. The fraction of sp³-hybridized carbons (Fsp3) is 0.714. The predicted molar refractivity (Wildman–Crippen MR) is 112 cm³/mol. The lowest BCUT2D eigenvalue weighted by molar-refractivity contribution is -0.0155. The highest BCUT2D eigenvalue weighted by molar-refractivity contribution is 5.97. The van der Waals surface area contributed by atoms with Gasteiger partial charge in [0.1, 0.15) is 0 Å². The van der Waals surface area contributed by atoms with E-state index in [-0.39, 0.29) is 10.8 Å². The zero-order valence-electron chi connectivity index (χ0n) is 17.3. The molecule has 5 atom stereocenters. The third kappa shape index (κ3) is 3.32. The Labute approximate surface area is 171 Å². The van der Waals surface area contributed by atoms with E-state index < -0.39 is 12.1 Å². The van der Waals surface area contributed by atoms with Gasteiger partial charge in [-0.05, 0) is 80.6 Å². The van der Waals surface area contributed by atoms with Gasteiger partial charge in [-0.15, -0.1) is 0 Å². The van der Waals surface area contributed by atoms with Crippen LogP contribution < -0.4 is 22.3 Å². The molecule has 8 heteroatoms. The molecular formula is C21H32N6O2. The highest BCUT2D eigenvalue weighted by Crippen LogP contribution is 2.64. The standard InChI is InChI=1S/C21H32N6O2/c1-20-9-7-13(24-26-18(22)28)11-12(20)3-4-14-15-5-6-17(25-27-19(23)29)21(15,2)10-8-16(14)20/h11,14-16H,3-10H2,1-2H3,(H3,22,26,28)(H3,23,27,29)/b24-13+,25-17+/t14-,15-,16-,20-,21-/m0/s1. The first kappa shape index (κ1) is 19.9. The van der Waals surface area contributed by atoms with E-state index >= 15 is 0 Å². The molecule has 0 spiro atoms. The lowest BCUT2D eigenvalue weighted by Gasteiger charge is -2.57. The molecule has 4 aliphatic rings. The SMILES string of the molecule is C[C@]12CC/C(=N\NC(N)=O)C=C1CC[C@@H]1[C@@H]2CC[C@]2(C)/C(=N/NC(N)=O)CC[C@@H]12. The van der Waals surface area contributed by atoms with Crippen molar-refractivity contribution in [3.8, 4) is 0 Å². The van der Waals surface area contributed by atoms with Crippen molar-refractivity contribution >= 4 is 23.5 Å². The van der Waals surface area contributed by atoms with Crippen LogP contribution in [-0.4, -0.2) is 23.5 Å². The molecule has 0 aliphatic heterocycles. The number of urea groups is 2. The molecule has 4 amide bonds. The van der Waals surface area contributed by atoms with Crippen molar-refractivity contribution in [3.05, 3.63) is 11.6 Å². The highest BCUT2D eigenvalue weighted by atomic mass is 16.2. The number of hydrogen-bond acceptors (Lipinski definition) is 4. The maximum absolute atomic E-state index is 11.1. The molecule has 0 saturated heterocycles. The number of hydrogen-bond donors (Lipinski definition) is 4. The number of nitrogens with two attached hydrogens (primary N) is 2. The molecule has 4 aliphatic carbocycles. The summed E-state index contributed by atoms with van der Waals surface area (Å²) in [6.45, 7) is 4.76. The summed E-state index contributed by atoms with van der Waals surface area (Å²) < 4.78 is 0. The Kier molecular flexibility index (Phi) is 4.91. The second-order valence-electron chi connectivity index (χ2n) is 9.61. The van der Waals surface area contributed by atoms with Gasteiger partial charge in [-0.2, -0.15) is 10.2 Å². The number of nitrogens with one attached hydrogen (secondary N) is 2. The van der Waals surface area contributed by atoms with E-state index in [1.165, 1.54) is 18.4 Å². The largest absolute Gasteiger partial charge is 0.350 e. The first-order valence-electron chi connectivity index (χ1n) is 10.7. The normalized spacial score (nSPS) is 41.2. The number of carbonyl (C=O) groups excluding carboxylic acids is 2. The number of nitrogens with zero attached hydrogens (tertiary/aromatic N) is 2. The third-order valence-corrected chi connectivity index (χ3v) is 8.33. The smallest absolute Gasteiger partial charge is 0.332 e. The summed E-state index contributed by atoms with van der Waals surface area (Å²) in [5, 5.41) is 8.55. The molecule has 4 rings (SSSR count). The average Bonchev–Trinajstić information content (AvgIpc) is 3.01. The van der Waals surface area contributed by atoms with Crippen LogP contribution in [0.5, 0.6) is 0 Å². The topological polar surface area (TPSA) is 135 Å². The molecule has 29 heavy (non-hydrogen) atoms. The van der Waals surface area contributed by atoms with E-state index in [1.54, 1.807) is 0 Å². The van der Waals surface area contributed by atoms with Gasteiger partial charge < -0.3 is 11.5 Å². The van der Waals surface area contributed by atoms with Crippen molar-refractivity contribution in [2.24, 2.45) is 50.3 Å². The van der Waals surface area contributed by atoms with Gasteiger partial charge in [0.25, 0.3) is 0 Å². The lowest BCUT2D eigenvalue weighted by atomic mass is 9.47. The van der Waals surface area contributed by atoms with Crippen LogP contribution >= 0.6 is 0 Å². The van der Waals surface area contributed by atoms with Crippen LogP contribution in [0.2, 0.25) is 0 Å². The van der Waals surface area contributed by atoms with E-state index in [9.17, 15) is 9.59 Å². The van der Waals surface area contributed by atoms with E-state index in [2.05, 4.69) is 41.0 Å². The number of hydrazone groups is 2. The Morgan fingerprint density at radius 1 is 0.931 bits per heavy atom. The van der Waals surface area contributed by atoms with Gasteiger partial charge in [-0.3, -0.25) is 0 Å². The van der Waals surface area contributed by atoms with Crippen molar-refractivity contribution in [1.82, 2.24) is 10.9 Å². The Morgan fingerprint density at radius 3 is 2.34 bits per heavy atom. The van der Waals surface area contributed by atoms with Crippen molar-refractivity contribution < 1.29 is 9.59 Å². The van der Waals surface area contributed by atoms with Gasteiger partial charge in [0.05, 0.1) is 5.71 Å². The summed E-state index contributed by atoms with van der Waals surface area (Å²) in [5.74, 6) is 1.95. The minimum Gasteiger partial charge on any atom is -0.350 e. The van der Waals surface area contributed by atoms with E-state index in [4.69, 9.17) is 11.5 Å². The minimum absolute atomic E-state index is 0.0634. The number of amides is 4. The fourth-order valence-corrected chi connectivity index (χ4v) is 6.88. The monoisotopic (exact) mass is 400 g/mol. The Bertz CT molecular complexity index is 818. The minimum atomic E-state index is -0.621. The molecule has 0 aromatic carbocycles. The second-order valence-corrected chi connectivity index (χ2v) is 9.61. The summed E-state index contributed by atoms with van der Waals surface area (Å²) in [6, 6.07) is -1.22. The van der Waals surface area contributed by atoms with Gasteiger partial charge in [0, 0.05) is 11.1 Å². The Morgan fingerprint density at radius 2 is 1.62 bits per heavy atom. The summed E-state index contributed by atoms with van der Waals surface area (Å²) in [4.78, 5) is 22.1. The first-order valence-corrected chi connectivity index (χ1v) is 10.7. The molecule has 8 nitrogen and oxygen atoms in total. The van der Waals surface area contributed by atoms with Gasteiger partial charge >= 0.3 is 12.1 Å². The predicted octanol–water partition coefficient (Wildman–Crippen LogP) is 3.00. The molecule has 3 saturated carbocycles. The molecule has 0 unspecified atom stereocenters. The quantitative estimate of drug-likeness (QED) is 0.530. The van der Waals surface area contributed by atoms with Crippen LogP contribution in [0.25, 0.3) is 0 Å². The van der Waals surface area contributed by atoms with Crippen molar-refractivity contribution in [2.45, 2.75) is 65.2 Å². The van der Waals surface area contributed by atoms with Gasteiger partial charge in [0.2, 0.25) is 0 Å². The van der Waals surface area contributed by atoms with Crippen LogP contribution in [0.1, 0.15) is 65.2 Å². The summed E-state index contributed by atoms with van der Waals surface area (Å²) in [6.07, 6.45) is 10.7. The van der Waals surface area contributed by atoms with E-state index in [0.717, 1.165) is 49.9 Å². The van der Waals surface area contributed by atoms with Crippen LogP contribution in [0.3, 0.4) is 0 Å². The molecule has 0 aromatic heterocycles. The maximum atomic E-state index is 11.1. The Hall–Kier alpha value is -2.38. The summed E-state index contributed by atoms with van der Waals surface area (Å²) in [5.41, 5.74) is 19.0. The molecule has 0 heterocycles. The number of carbonyl (C=O) groups is 2. The van der Waals surface area contributed by atoms with Crippen LogP contribution in [0, 0.1) is 28.6 Å². The zero-order chi connectivity index (χ0) is 20.8. The first-order chi connectivity index (χ1) is 13.7. The molecule has 3 fully saturated rings. The van der Waals surface area contributed by atoms with Gasteiger partial charge in [-0.1, -0.05) is 19.4 Å². The molecule has 158 valence electrons. The van der Waals surface area contributed by atoms with Crippen molar-refractivity contribution in [1.29, 1.82) is 0 Å². The molecule has 0 aromatic rings. The summed E-state index contributed by atoms with van der Waals surface area (Å²) in [7, 11) is 0. The van der Waals surface area contributed by atoms with Gasteiger partial charge in [-0.25, -0.2) is 20.4 Å². The van der Waals surface area contributed by atoms with Crippen molar-refractivity contribution in [2.75, 3.05) is 0 Å². The molecule has 0 bridgehead atoms. The van der Waals surface area contributed by atoms with Crippen LogP contribution in [0.15, 0.2) is 21.9 Å². The molecule has 0 radical (unpaired) electrons. The van der Waals surface area contributed by atoms with Crippen LogP contribution in [-0.2, 0) is 0 Å². The Balaban J connectivity index is 1.57. The number of fused-ring (bicyclic) bond motifs is 5. The van der Waals surface area contributed by atoms with Crippen molar-refractivity contribution in [3.63, 3.8) is 0 Å². The van der Waals surface area contributed by atoms with Gasteiger partial charge in [0.15, 0.2) is 0 Å². The van der Waals surface area contributed by atoms with E-state index in [0.29, 0.717) is 17.8 Å². The van der Waals surface area contributed by atoms with Crippen LogP contribution in [0.4, 0.5) is 9.59 Å².